The molecule has 1 aliphatic rings. The molecule has 1 aromatic carbocycles. The standard InChI is InChI=1S/C19H24N4O5/c1-13-9-19(26)28-16-10-14(3-4-15(13)16)27-12-18(25)21-20-17(24)11-23-7-5-22(2)6-8-23/h3-4,9-10H,5-8,11-12H2,1-2H3,(H,20,24)(H,21,25). The fourth-order valence-corrected chi connectivity index (χ4v) is 2.97. The number of likely N-dealkylation sites (N-methyl/N-ethyl adjacent to an activating group) is 1. The zero-order chi connectivity index (χ0) is 20.1. The molecule has 1 fully saturated rings. The lowest BCUT2D eigenvalue weighted by molar-refractivity contribution is -0.130. The third-order valence-electron chi connectivity index (χ3n) is 4.60. The van der Waals surface area contributed by atoms with E-state index in [1.165, 1.54) is 6.07 Å². The number of fused-ring (bicyclic) bond motifs is 1. The number of ether oxygens (including phenoxy) is 1. The molecule has 28 heavy (non-hydrogen) atoms. The lowest BCUT2D eigenvalue weighted by Gasteiger charge is -2.31. The van der Waals surface area contributed by atoms with Crippen LogP contribution in [0.1, 0.15) is 5.56 Å². The molecule has 2 N–H and O–H groups in total. The Labute approximate surface area is 162 Å². The molecule has 0 atom stereocenters. The third-order valence-corrected chi connectivity index (χ3v) is 4.60. The Morgan fingerprint density at radius 2 is 1.82 bits per heavy atom. The number of hydrazine groups is 1. The first-order valence-electron chi connectivity index (χ1n) is 9.06. The highest BCUT2D eigenvalue weighted by molar-refractivity contribution is 5.84. The van der Waals surface area contributed by atoms with Gasteiger partial charge in [0.05, 0.1) is 6.54 Å². The largest absolute Gasteiger partial charge is 0.484 e. The molecule has 0 spiro atoms. The third kappa shape index (κ3) is 5.30. The number of hydrogen-bond donors (Lipinski definition) is 2. The van der Waals surface area contributed by atoms with Gasteiger partial charge in [0, 0.05) is 43.7 Å². The Morgan fingerprint density at radius 3 is 2.57 bits per heavy atom. The van der Waals surface area contributed by atoms with Gasteiger partial charge in [-0.25, -0.2) is 4.79 Å². The van der Waals surface area contributed by atoms with Gasteiger partial charge in [0.2, 0.25) is 0 Å². The second-order valence-corrected chi connectivity index (χ2v) is 6.87. The van der Waals surface area contributed by atoms with Crippen molar-refractivity contribution in [1.29, 1.82) is 0 Å². The topological polar surface area (TPSA) is 104 Å². The van der Waals surface area contributed by atoms with Crippen molar-refractivity contribution in [3.8, 4) is 5.75 Å². The maximum atomic E-state index is 11.9. The van der Waals surface area contributed by atoms with E-state index in [1.54, 1.807) is 18.2 Å². The maximum absolute atomic E-state index is 11.9. The molecule has 0 radical (unpaired) electrons. The first kappa shape index (κ1) is 19.8. The van der Waals surface area contributed by atoms with E-state index < -0.39 is 11.5 Å². The lowest BCUT2D eigenvalue weighted by Crippen LogP contribution is -2.51. The van der Waals surface area contributed by atoms with Gasteiger partial charge in [0.25, 0.3) is 11.8 Å². The van der Waals surface area contributed by atoms with Gasteiger partial charge < -0.3 is 14.1 Å². The molecule has 0 unspecified atom stereocenters. The summed E-state index contributed by atoms with van der Waals surface area (Å²) in [7, 11) is 2.04. The predicted octanol–water partition coefficient (Wildman–Crippen LogP) is -0.125. The molecule has 0 bridgehead atoms. The summed E-state index contributed by atoms with van der Waals surface area (Å²) in [6, 6.07) is 6.43. The molecule has 0 aliphatic carbocycles. The van der Waals surface area contributed by atoms with Crippen LogP contribution >= 0.6 is 0 Å². The first-order valence-corrected chi connectivity index (χ1v) is 9.06. The monoisotopic (exact) mass is 388 g/mol. The zero-order valence-corrected chi connectivity index (χ0v) is 16.0. The van der Waals surface area contributed by atoms with Crippen LogP contribution < -0.4 is 21.2 Å². The average Bonchev–Trinajstić information content (AvgIpc) is 2.66. The van der Waals surface area contributed by atoms with E-state index in [2.05, 4.69) is 15.8 Å². The van der Waals surface area contributed by atoms with Gasteiger partial charge in [-0.1, -0.05) is 0 Å². The van der Waals surface area contributed by atoms with Gasteiger partial charge >= 0.3 is 5.63 Å². The number of nitrogens with zero attached hydrogens (tertiary/aromatic N) is 2. The quantitative estimate of drug-likeness (QED) is 0.543. The van der Waals surface area contributed by atoms with Crippen LogP contribution in [0.4, 0.5) is 0 Å². The van der Waals surface area contributed by atoms with Crippen molar-refractivity contribution in [3.05, 3.63) is 40.2 Å². The molecule has 2 amide bonds. The molecule has 9 heteroatoms. The van der Waals surface area contributed by atoms with Crippen molar-refractivity contribution >= 4 is 22.8 Å². The number of nitrogens with one attached hydrogen (secondary N) is 2. The molecular formula is C19H24N4O5. The minimum Gasteiger partial charge on any atom is -0.484 e. The van der Waals surface area contributed by atoms with Crippen LogP contribution in [-0.2, 0) is 9.59 Å². The minimum atomic E-state index is -0.488. The number of piperazine rings is 1. The van der Waals surface area contributed by atoms with E-state index in [0.29, 0.717) is 11.3 Å². The summed E-state index contributed by atoms with van der Waals surface area (Å²) >= 11 is 0. The van der Waals surface area contributed by atoms with E-state index >= 15 is 0 Å². The van der Waals surface area contributed by atoms with Crippen molar-refractivity contribution in [1.82, 2.24) is 20.7 Å². The van der Waals surface area contributed by atoms with Crippen LogP contribution in [0.5, 0.6) is 5.75 Å². The van der Waals surface area contributed by atoms with Crippen LogP contribution in [0, 0.1) is 6.92 Å². The number of rotatable bonds is 5. The van der Waals surface area contributed by atoms with Crippen molar-refractivity contribution in [2.24, 2.45) is 0 Å². The van der Waals surface area contributed by atoms with E-state index in [1.807, 2.05) is 18.9 Å². The first-order chi connectivity index (χ1) is 13.4. The van der Waals surface area contributed by atoms with E-state index in [4.69, 9.17) is 9.15 Å². The fraction of sp³-hybridized carbons (Fsp3) is 0.421. The number of benzene rings is 1. The van der Waals surface area contributed by atoms with E-state index in [-0.39, 0.29) is 19.1 Å². The van der Waals surface area contributed by atoms with Crippen molar-refractivity contribution in [2.75, 3.05) is 46.4 Å². The summed E-state index contributed by atoms with van der Waals surface area (Å²) in [5, 5.41) is 0.799. The lowest BCUT2D eigenvalue weighted by atomic mass is 10.1. The number of aryl methyl sites for hydroxylation is 1. The summed E-state index contributed by atoms with van der Waals surface area (Å²) in [6.07, 6.45) is 0. The second-order valence-electron chi connectivity index (χ2n) is 6.87. The molecule has 1 aliphatic heterocycles. The highest BCUT2D eigenvalue weighted by atomic mass is 16.5. The Bertz CT molecular complexity index is 918. The summed E-state index contributed by atoms with van der Waals surface area (Å²) in [4.78, 5) is 39.5. The zero-order valence-electron chi connectivity index (χ0n) is 16.0. The SMILES string of the molecule is Cc1cc(=O)oc2cc(OCC(=O)NNC(=O)CN3CCN(C)CC3)ccc12. The number of carbonyl (C=O) groups is 2. The van der Waals surface area contributed by atoms with E-state index in [0.717, 1.165) is 37.1 Å². The van der Waals surface area contributed by atoms with Crippen molar-refractivity contribution < 1.29 is 18.7 Å². The minimum absolute atomic E-state index is 0.234. The Balaban J connectivity index is 1.44. The molecule has 0 saturated carbocycles. The number of hydrogen-bond acceptors (Lipinski definition) is 7. The van der Waals surface area contributed by atoms with Crippen LogP contribution in [0.2, 0.25) is 0 Å². The van der Waals surface area contributed by atoms with Crippen LogP contribution in [0.25, 0.3) is 11.0 Å². The summed E-state index contributed by atoms with van der Waals surface area (Å²) in [5.41, 5.74) is 5.48. The Hall–Kier alpha value is -2.91. The summed E-state index contributed by atoms with van der Waals surface area (Å²) in [5.74, 6) is -0.376. The molecular weight excluding hydrogens is 364 g/mol. The number of carbonyl (C=O) groups excluding carboxylic acids is 2. The summed E-state index contributed by atoms with van der Waals surface area (Å²) in [6.45, 7) is 5.24. The second kappa shape index (κ2) is 8.85. The van der Waals surface area contributed by atoms with Crippen LogP contribution in [-0.4, -0.2) is 68.0 Å². The van der Waals surface area contributed by atoms with Crippen molar-refractivity contribution in [2.45, 2.75) is 6.92 Å². The van der Waals surface area contributed by atoms with Gasteiger partial charge in [0.1, 0.15) is 11.3 Å². The van der Waals surface area contributed by atoms with Gasteiger partial charge in [-0.2, -0.15) is 0 Å². The molecule has 3 rings (SSSR count). The predicted molar refractivity (Wildman–Crippen MR) is 103 cm³/mol. The van der Waals surface area contributed by atoms with Gasteiger partial charge in [-0.3, -0.25) is 25.3 Å². The van der Waals surface area contributed by atoms with Gasteiger partial charge in [0.15, 0.2) is 6.61 Å². The molecule has 2 aromatic rings. The number of amides is 2. The molecule has 1 aromatic heterocycles. The normalized spacial score (nSPS) is 15.4. The highest BCUT2D eigenvalue weighted by Crippen LogP contribution is 2.22. The maximum Gasteiger partial charge on any atom is 0.336 e. The van der Waals surface area contributed by atoms with Crippen LogP contribution in [0.3, 0.4) is 0 Å². The smallest absolute Gasteiger partial charge is 0.336 e. The van der Waals surface area contributed by atoms with Gasteiger partial charge in [-0.15, -0.1) is 0 Å². The Kier molecular flexibility index (Phi) is 6.27. The van der Waals surface area contributed by atoms with Crippen molar-refractivity contribution in [3.63, 3.8) is 0 Å². The molecule has 2 heterocycles. The average molecular weight is 388 g/mol. The fourth-order valence-electron chi connectivity index (χ4n) is 2.97. The molecule has 9 nitrogen and oxygen atoms in total. The molecule has 150 valence electrons. The highest BCUT2D eigenvalue weighted by Gasteiger charge is 2.16. The van der Waals surface area contributed by atoms with E-state index in [9.17, 15) is 14.4 Å². The Morgan fingerprint density at radius 1 is 1.11 bits per heavy atom. The van der Waals surface area contributed by atoms with Crippen LogP contribution in [0.15, 0.2) is 33.5 Å². The van der Waals surface area contributed by atoms with Gasteiger partial charge in [-0.05, 0) is 31.7 Å². The summed E-state index contributed by atoms with van der Waals surface area (Å²) < 4.78 is 10.6. The molecule has 1 saturated heterocycles.